The summed E-state index contributed by atoms with van der Waals surface area (Å²) in [6.45, 7) is 4.55. The number of hydrogen-bond donors (Lipinski definition) is 1. The molecule has 0 aromatic heterocycles. The highest BCUT2D eigenvalue weighted by atomic mass is 16.6. The highest BCUT2D eigenvalue weighted by Crippen LogP contribution is 2.32. The van der Waals surface area contributed by atoms with Gasteiger partial charge in [0.1, 0.15) is 5.54 Å². The van der Waals surface area contributed by atoms with E-state index in [0.717, 1.165) is 12.0 Å². The van der Waals surface area contributed by atoms with Crippen molar-refractivity contribution in [3.05, 3.63) is 39.4 Å². The van der Waals surface area contributed by atoms with E-state index < -0.39 is 16.4 Å². The summed E-state index contributed by atoms with van der Waals surface area (Å²) in [5.74, 6) is -0.835. The van der Waals surface area contributed by atoms with E-state index >= 15 is 0 Å². The molecule has 1 fully saturated rings. The SMILES string of the molecule is Cc1c(CN2CCCC2(C)C(=O)O)cccc1[N+](=O)[O-]. The van der Waals surface area contributed by atoms with Crippen LogP contribution in [0.25, 0.3) is 0 Å². The number of nitro benzene ring substituents is 1. The summed E-state index contributed by atoms with van der Waals surface area (Å²) in [6.07, 6.45) is 1.44. The van der Waals surface area contributed by atoms with Gasteiger partial charge in [0, 0.05) is 18.2 Å². The van der Waals surface area contributed by atoms with Crippen molar-refractivity contribution < 1.29 is 14.8 Å². The van der Waals surface area contributed by atoms with Crippen molar-refractivity contribution in [3.63, 3.8) is 0 Å². The van der Waals surface area contributed by atoms with Crippen LogP contribution in [0.5, 0.6) is 0 Å². The highest BCUT2D eigenvalue weighted by molar-refractivity contribution is 5.78. The molecule has 20 heavy (non-hydrogen) atoms. The van der Waals surface area contributed by atoms with Gasteiger partial charge in [0.15, 0.2) is 0 Å². The average Bonchev–Trinajstić information content (AvgIpc) is 2.74. The number of carboxylic acid groups (broad SMARTS) is 1. The van der Waals surface area contributed by atoms with Gasteiger partial charge in [-0.3, -0.25) is 19.8 Å². The number of carboxylic acids is 1. The Kier molecular flexibility index (Phi) is 3.76. The van der Waals surface area contributed by atoms with Crippen LogP contribution in [0.15, 0.2) is 18.2 Å². The van der Waals surface area contributed by atoms with E-state index in [1.165, 1.54) is 6.07 Å². The van der Waals surface area contributed by atoms with E-state index in [1.807, 2.05) is 11.0 Å². The van der Waals surface area contributed by atoms with Gasteiger partial charge in [-0.15, -0.1) is 0 Å². The first-order valence-corrected chi connectivity index (χ1v) is 6.57. The molecular weight excluding hydrogens is 260 g/mol. The number of carbonyl (C=O) groups is 1. The van der Waals surface area contributed by atoms with Gasteiger partial charge in [-0.05, 0) is 38.8 Å². The summed E-state index contributed by atoms with van der Waals surface area (Å²) in [6, 6.07) is 4.94. The summed E-state index contributed by atoms with van der Waals surface area (Å²) in [5.41, 5.74) is 0.626. The summed E-state index contributed by atoms with van der Waals surface area (Å²) in [4.78, 5) is 23.9. The Balaban J connectivity index is 2.29. The highest BCUT2D eigenvalue weighted by Gasteiger charge is 2.43. The van der Waals surface area contributed by atoms with Crippen molar-refractivity contribution in [3.8, 4) is 0 Å². The van der Waals surface area contributed by atoms with Gasteiger partial charge in [0.2, 0.25) is 0 Å². The van der Waals surface area contributed by atoms with Gasteiger partial charge in [-0.25, -0.2) is 0 Å². The van der Waals surface area contributed by atoms with Crippen LogP contribution in [-0.4, -0.2) is 33.0 Å². The lowest BCUT2D eigenvalue weighted by Gasteiger charge is -2.31. The zero-order valence-electron chi connectivity index (χ0n) is 11.6. The molecule has 1 heterocycles. The third-order valence-corrected chi connectivity index (χ3v) is 4.23. The molecule has 1 aromatic rings. The monoisotopic (exact) mass is 278 g/mol. The second-order valence-electron chi connectivity index (χ2n) is 5.42. The van der Waals surface area contributed by atoms with Gasteiger partial charge < -0.3 is 5.11 Å². The van der Waals surface area contributed by atoms with E-state index in [2.05, 4.69) is 0 Å². The summed E-state index contributed by atoms with van der Waals surface area (Å²) in [7, 11) is 0. The molecule has 6 heteroatoms. The minimum atomic E-state index is -0.878. The van der Waals surface area contributed by atoms with Crippen molar-refractivity contribution in [2.75, 3.05) is 6.54 Å². The van der Waals surface area contributed by atoms with Crippen LogP contribution < -0.4 is 0 Å². The fraction of sp³-hybridized carbons (Fsp3) is 0.500. The number of hydrogen-bond acceptors (Lipinski definition) is 4. The lowest BCUT2D eigenvalue weighted by molar-refractivity contribution is -0.385. The van der Waals surface area contributed by atoms with Gasteiger partial charge in [-0.2, -0.15) is 0 Å². The van der Waals surface area contributed by atoms with E-state index in [1.54, 1.807) is 19.9 Å². The Bertz CT molecular complexity index is 558. The lowest BCUT2D eigenvalue weighted by atomic mass is 9.98. The maximum absolute atomic E-state index is 11.4. The minimum Gasteiger partial charge on any atom is -0.480 e. The third-order valence-electron chi connectivity index (χ3n) is 4.23. The van der Waals surface area contributed by atoms with Gasteiger partial charge in [0.05, 0.1) is 4.92 Å². The fourth-order valence-corrected chi connectivity index (χ4v) is 2.76. The molecule has 1 aliphatic heterocycles. The molecule has 108 valence electrons. The summed E-state index contributed by atoms with van der Waals surface area (Å²) >= 11 is 0. The quantitative estimate of drug-likeness (QED) is 0.675. The molecular formula is C14H18N2O4. The van der Waals surface area contributed by atoms with Crippen molar-refractivity contribution in [1.82, 2.24) is 4.90 Å². The van der Waals surface area contributed by atoms with Crippen molar-refractivity contribution in [2.45, 2.75) is 38.8 Å². The maximum Gasteiger partial charge on any atom is 0.323 e. The van der Waals surface area contributed by atoms with Crippen LogP contribution in [0, 0.1) is 17.0 Å². The molecule has 1 aromatic carbocycles. The Morgan fingerprint density at radius 2 is 2.25 bits per heavy atom. The number of aliphatic carboxylic acids is 1. The molecule has 0 amide bonds. The zero-order chi connectivity index (χ0) is 14.9. The summed E-state index contributed by atoms with van der Waals surface area (Å²) < 4.78 is 0. The fourth-order valence-electron chi connectivity index (χ4n) is 2.76. The lowest BCUT2D eigenvalue weighted by Crippen LogP contribution is -2.47. The smallest absolute Gasteiger partial charge is 0.323 e. The molecule has 1 N–H and O–H groups in total. The normalized spacial score (nSPS) is 22.9. The van der Waals surface area contributed by atoms with Crippen LogP contribution >= 0.6 is 0 Å². The van der Waals surface area contributed by atoms with Crippen molar-refractivity contribution in [1.29, 1.82) is 0 Å². The minimum absolute atomic E-state index is 0.0822. The molecule has 0 bridgehead atoms. The van der Waals surface area contributed by atoms with Crippen LogP contribution in [0.1, 0.15) is 30.9 Å². The Labute approximate surface area is 117 Å². The molecule has 2 rings (SSSR count). The first-order valence-electron chi connectivity index (χ1n) is 6.57. The Hall–Kier alpha value is -1.95. The van der Waals surface area contributed by atoms with E-state index in [9.17, 15) is 20.0 Å². The number of nitrogens with zero attached hydrogens (tertiary/aromatic N) is 2. The molecule has 1 aliphatic rings. The molecule has 1 unspecified atom stereocenters. The van der Waals surface area contributed by atoms with Crippen LogP contribution in [0.2, 0.25) is 0 Å². The maximum atomic E-state index is 11.4. The zero-order valence-corrected chi connectivity index (χ0v) is 11.6. The predicted molar refractivity (Wildman–Crippen MR) is 73.5 cm³/mol. The van der Waals surface area contributed by atoms with Gasteiger partial charge in [-0.1, -0.05) is 12.1 Å². The average molecular weight is 278 g/mol. The van der Waals surface area contributed by atoms with Gasteiger partial charge in [0.25, 0.3) is 5.69 Å². The largest absolute Gasteiger partial charge is 0.480 e. The molecule has 6 nitrogen and oxygen atoms in total. The van der Waals surface area contributed by atoms with Crippen LogP contribution in [0.4, 0.5) is 5.69 Å². The predicted octanol–water partition coefficient (Wildman–Crippen LogP) is 2.34. The van der Waals surface area contributed by atoms with Crippen LogP contribution in [-0.2, 0) is 11.3 Å². The Morgan fingerprint density at radius 1 is 1.55 bits per heavy atom. The number of likely N-dealkylation sites (tertiary alicyclic amines) is 1. The summed E-state index contributed by atoms with van der Waals surface area (Å²) in [5, 5.41) is 20.3. The molecule has 1 atom stereocenters. The molecule has 0 saturated carbocycles. The standard InChI is InChI=1S/C14H18N2O4/c1-10-11(5-3-6-12(10)16(19)20)9-15-8-4-7-14(15,2)13(17)18/h3,5-6H,4,7-9H2,1-2H3,(H,17,18). The van der Waals surface area contributed by atoms with E-state index in [0.29, 0.717) is 25.1 Å². The molecule has 0 spiro atoms. The topological polar surface area (TPSA) is 83.7 Å². The third kappa shape index (κ3) is 2.38. The molecule has 0 radical (unpaired) electrons. The van der Waals surface area contributed by atoms with E-state index in [-0.39, 0.29) is 5.69 Å². The van der Waals surface area contributed by atoms with Gasteiger partial charge >= 0.3 is 5.97 Å². The second kappa shape index (κ2) is 5.20. The van der Waals surface area contributed by atoms with Crippen LogP contribution in [0.3, 0.4) is 0 Å². The van der Waals surface area contributed by atoms with E-state index in [4.69, 9.17) is 0 Å². The van der Waals surface area contributed by atoms with Crippen molar-refractivity contribution in [2.24, 2.45) is 0 Å². The molecule has 0 aliphatic carbocycles. The second-order valence-corrected chi connectivity index (χ2v) is 5.42. The molecule has 1 saturated heterocycles. The Morgan fingerprint density at radius 3 is 2.85 bits per heavy atom. The first kappa shape index (κ1) is 14.5. The number of nitro groups is 1. The first-order chi connectivity index (χ1) is 9.36. The van der Waals surface area contributed by atoms with Crippen molar-refractivity contribution >= 4 is 11.7 Å². The number of rotatable bonds is 4. The number of benzene rings is 1.